The molecule has 2 aromatic carbocycles. The van der Waals surface area contributed by atoms with E-state index < -0.39 is 0 Å². The van der Waals surface area contributed by atoms with Crippen molar-refractivity contribution in [1.82, 2.24) is 0 Å². The Bertz CT molecular complexity index is 477. The lowest BCUT2D eigenvalue weighted by atomic mass is 10.0. The molecule has 0 aliphatic carbocycles. The minimum absolute atomic E-state index is 0.432. The Labute approximate surface area is 101 Å². The Morgan fingerprint density at radius 2 is 1.71 bits per heavy atom. The van der Waals surface area contributed by atoms with Crippen LogP contribution in [0.3, 0.4) is 0 Å². The van der Waals surface area contributed by atoms with Crippen molar-refractivity contribution in [3.05, 3.63) is 60.2 Å². The summed E-state index contributed by atoms with van der Waals surface area (Å²) < 4.78 is 4.70. The van der Waals surface area contributed by atoms with Crippen LogP contribution in [-0.2, 0) is 16.0 Å². The molecule has 17 heavy (non-hydrogen) atoms. The van der Waals surface area contributed by atoms with Gasteiger partial charge < -0.3 is 4.74 Å². The number of ether oxygens (including phenoxy) is 1. The summed E-state index contributed by atoms with van der Waals surface area (Å²) in [5, 5.41) is 0. The van der Waals surface area contributed by atoms with Crippen LogP contribution >= 0.6 is 0 Å². The average Bonchev–Trinajstić information content (AvgIpc) is 2.41. The predicted octanol–water partition coefficient (Wildman–Crippen LogP) is 3.07. The molecule has 2 heteroatoms. The zero-order chi connectivity index (χ0) is 11.9. The van der Waals surface area contributed by atoms with Crippen LogP contribution < -0.4 is 0 Å². The molecular formula is C15H14O2. The molecule has 0 amide bonds. The second-order valence-electron chi connectivity index (χ2n) is 3.78. The summed E-state index contributed by atoms with van der Waals surface area (Å²) in [6.45, 7) is 0.919. The van der Waals surface area contributed by atoms with Gasteiger partial charge in [-0.2, -0.15) is 0 Å². The summed E-state index contributed by atoms with van der Waals surface area (Å²) in [5.41, 5.74) is 3.56. The zero-order valence-corrected chi connectivity index (χ0v) is 9.50. The van der Waals surface area contributed by atoms with Crippen molar-refractivity contribution in [3.63, 3.8) is 0 Å². The highest BCUT2D eigenvalue weighted by atomic mass is 16.5. The normalized spacial score (nSPS) is 9.88. The van der Waals surface area contributed by atoms with Gasteiger partial charge in [0.2, 0.25) is 0 Å². The number of carbonyl (C=O) groups excluding carboxylic acids is 1. The van der Waals surface area contributed by atoms with E-state index in [1.165, 1.54) is 16.7 Å². The Balaban J connectivity index is 2.14. The van der Waals surface area contributed by atoms with Crippen LogP contribution in [0.4, 0.5) is 0 Å². The van der Waals surface area contributed by atoms with Gasteiger partial charge in [-0.1, -0.05) is 54.6 Å². The lowest BCUT2D eigenvalue weighted by Crippen LogP contribution is -1.96. The standard InChI is InChI=1S/C15H14O2/c16-12-17-10-9-13-5-4-8-15(11-13)14-6-2-1-3-7-14/h1-8,11-12H,9-10H2. The highest BCUT2D eigenvalue weighted by Gasteiger charge is 1.98. The third-order valence-corrected chi connectivity index (χ3v) is 2.61. The highest BCUT2D eigenvalue weighted by Crippen LogP contribution is 2.20. The Morgan fingerprint density at radius 1 is 0.941 bits per heavy atom. The van der Waals surface area contributed by atoms with Crippen molar-refractivity contribution in [2.45, 2.75) is 6.42 Å². The molecule has 86 valence electrons. The van der Waals surface area contributed by atoms with Gasteiger partial charge in [0.15, 0.2) is 0 Å². The van der Waals surface area contributed by atoms with E-state index in [0.717, 1.165) is 6.42 Å². The first-order chi connectivity index (χ1) is 8.40. The van der Waals surface area contributed by atoms with Crippen LogP contribution in [0.25, 0.3) is 11.1 Å². The molecule has 0 saturated carbocycles. The molecule has 0 fully saturated rings. The third kappa shape index (κ3) is 3.18. The monoisotopic (exact) mass is 226 g/mol. The fraction of sp³-hybridized carbons (Fsp3) is 0.133. The fourth-order valence-electron chi connectivity index (χ4n) is 1.76. The molecule has 0 spiro atoms. The lowest BCUT2D eigenvalue weighted by molar-refractivity contribution is -0.128. The van der Waals surface area contributed by atoms with E-state index >= 15 is 0 Å². The molecule has 0 heterocycles. The first kappa shape index (κ1) is 11.4. The maximum atomic E-state index is 10.1. The van der Waals surface area contributed by atoms with Crippen LogP contribution in [0, 0.1) is 0 Å². The third-order valence-electron chi connectivity index (χ3n) is 2.61. The molecule has 0 radical (unpaired) electrons. The van der Waals surface area contributed by atoms with Gasteiger partial charge in [-0.25, -0.2) is 0 Å². The minimum atomic E-state index is 0.432. The van der Waals surface area contributed by atoms with Gasteiger partial charge in [0.05, 0.1) is 6.61 Å². The minimum Gasteiger partial charge on any atom is -0.468 e. The van der Waals surface area contributed by atoms with Crippen molar-refractivity contribution >= 4 is 6.47 Å². The summed E-state index contributed by atoms with van der Waals surface area (Å²) in [6, 6.07) is 18.5. The lowest BCUT2D eigenvalue weighted by Gasteiger charge is -2.05. The number of benzene rings is 2. The summed E-state index contributed by atoms with van der Waals surface area (Å²) in [4.78, 5) is 10.1. The molecule has 0 aliphatic rings. The van der Waals surface area contributed by atoms with Gasteiger partial charge >= 0.3 is 0 Å². The summed E-state index contributed by atoms with van der Waals surface area (Å²) in [7, 11) is 0. The maximum Gasteiger partial charge on any atom is 0.293 e. The van der Waals surface area contributed by atoms with Gasteiger partial charge in [-0.3, -0.25) is 4.79 Å². The number of hydrogen-bond donors (Lipinski definition) is 0. The molecule has 0 unspecified atom stereocenters. The smallest absolute Gasteiger partial charge is 0.293 e. The van der Waals surface area contributed by atoms with E-state index in [4.69, 9.17) is 4.74 Å². The van der Waals surface area contributed by atoms with Crippen molar-refractivity contribution in [2.24, 2.45) is 0 Å². The molecule has 0 aromatic heterocycles. The number of hydrogen-bond acceptors (Lipinski definition) is 2. The van der Waals surface area contributed by atoms with E-state index in [-0.39, 0.29) is 0 Å². The van der Waals surface area contributed by atoms with E-state index in [2.05, 4.69) is 24.3 Å². The van der Waals surface area contributed by atoms with E-state index in [1.54, 1.807) is 0 Å². The average molecular weight is 226 g/mol. The molecule has 0 aliphatic heterocycles. The van der Waals surface area contributed by atoms with E-state index in [9.17, 15) is 4.79 Å². The Hall–Kier alpha value is -2.09. The molecule has 0 N–H and O–H groups in total. The van der Waals surface area contributed by atoms with Crippen molar-refractivity contribution in [3.8, 4) is 11.1 Å². The van der Waals surface area contributed by atoms with E-state index in [1.807, 2.05) is 30.3 Å². The van der Waals surface area contributed by atoms with Gasteiger partial charge in [0, 0.05) is 6.42 Å². The topological polar surface area (TPSA) is 26.3 Å². The van der Waals surface area contributed by atoms with Crippen LogP contribution in [0.5, 0.6) is 0 Å². The molecule has 2 aromatic rings. The summed E-state index contributed by atoms with van der Waals surface area (Å²) in [5.74, 6) is 0. The molecule has 2 rings (SSSR count). The largest absolute Gasteiger partial charge is 0.468 e. The Morgan fingerprint density at radius 3 is 2.47 bits per heavy atom. The molecular weight excluding hydrogens is 212 g/mol. The second-order valence-corrected chi connectivity index (χ2v) is 3.78. The maximum absolute atomic E-state index is 10.1. The van der Waals surface area contributed by atoms with Crippen molar-refractivity contribution < 1.29 is 9.53 Å². The molecule has 2 nitrogen and oxygen atoms in total. The molecule has 0 saturated heterocycles. The first-order valence-corrected chi connectivity index (χ1v) is 5.60. The fourth-order valence-corrected chi connectivity index (χ4v) is 1.76. The molecule has 0 atom stereocenters. The second kappa shape index (κ2) is 5.85. The first-order valence-electron chi connectivity index (χ1n) is 5.60. The van der Waals surface area contributed by atoms with Gasteiger partial charge in [-0.15, -0.1) is 0 Å². The van der Waals surface area contributed by atoms with Crippen LogP contribution in [0.1, 0.15) is 5.56 Å². The van der Waals surface area contributed by atoms with Gasteiger partial charge in [0.1, 0.15) is 0 Å². The van der Waals surface area contributed by atoms with Gasteiger partial charge in [0.25, 0.3) is 6.47 Å². The molecule has 0 bridgehead atoms. The Kier molecular flexibility index (Phi) is 3.92. The van der Waals surface area contributed by atoms with Crippen LogP contribution in [-0.4, -0.2) is 13.1 Å². The zero-order valence-electron chi connectivity index (χ0n) is 9.50. The quantitative estimate of drug-likeness (QED) is 0.578. The summed E-state index contributed by atoms with van der Waals surface area (Å²) in [6.07, 6.45) is 0.749. The SMILES string of the molecule is O=COCCc1cccc(-c2ccccc2)c1. The number of rotatable bonds is 5. The highest BCUT2D eigenvalue weighted by molar-refractivity contribution is 5.63. The van der Waals surface area contributed by atoms with Crippen molar-refractivity contribution in [2.75, 3.05) is 6.61 Å². The van der Waals surface area contributed by atoms with Crippen LogP contribution in [0.15, 0.2) is 54.6 Å². The van der Waals surface area contributed by atoms with Crippen molar-refractivity contribution in [1.29, 1.82) is 0 Å². The number of carbonyl (C=O) groups is 1. The van der Waals surface area contributed by atoms with Crippen LogP contribution in [0.2, 0.25) is 0 Å². The van der Waals surface area contributed by atoms with E-state index in [0.29, 0.717) is 13.1 Å². The predicted molar refractivity (Wildman–Crippen MR) is 67.6 cm³/mol. The van der Waals surface area contributed by atoms with Gasteiger partial charge in [-0.05, 0) is 16.7 Å². The summed E-state index contributed by atoms with van der Waals surface area (Å²) >= 11 is 0.